The first-order valence-corrected chi connectivity index (χ1v) is 12.3. The molecule has 0 amide bonds. The van der Waals surface area contributed by atoms with Crippen molar-refractivity contribution in [3.63, 3.8) is 0 Å². The predicted octanol–water partition coefficient (Wildman–Crippen LogP) is 3.58. The summed E-state index contributed by atoms with van der Waals surface area (Å²) in [6.45, 7) is 7.96. The van der Waals surface area contributed by atoms with E-state index in [9.17, 15) is 0 Å². The molecule has 8 heteroatoms. The maximum atomic E-state index is 5.86. The molecule has 1 aromatic carbocycles. The van der Waals surface area contributed by atoms with Gasteiger partial charge in [0.05, 0.1) is 37.6 Å². The minimum atomic E-state index is -0.0327. The molecule has 5 rings (SSSR count). The highest BCUT2D eigenvalue weighted by Gasteiger charge is 2.41. The average molecular weight is 478 g/mol. The van der Waals surface area contributed by atoms with Gasteiger partial charge >= 0.3 is 0 Å². The lowest BCUT2D eigenvalue weighted by Gasteiger charge is -2.32. The molecule has 0 saturated carbocycles. The third-order valence-corrected chi connectivity index (χ3v) is 6.82. The van der Waals surface area contributed by atoms with Gasteiger partial charge in [-0.25, -0.2) is 0 Å². The number of rotatable bonds is 8. The molecule has 34 heavy (non-hydrogen) atoms. The van der Waals surface area contributed by atoms with E-state index in [1.807, 2.05) is 37.4 Å². The summed E-state index contributed by atoms with van der Waals surface area (Å²) in [5.41, 5.74) is 3.26. The molecule has 0 radical (unpaired) electrons. The SMILES string of the molecule is CCOc1ccc(-n2cccc2[C@H]2[C@@H](c3ccccn3)NC(=S)N2CCN2CCOCC2)cc1. The Labute approximate surface area is 206 Å². The fourth-order valence-corrected chi connectivity index (χ4v) is 5.11. The molecule has 178 valence electrons. The molecule has 0 aliphatic carbocycles. The quantitative estimate of drug-likeness (QED) is 0.498. The van der Waals surface area contributed by atoms with E-state index >= 15 is 0 Å². The zero-order valence-corrected chi connectivity index (χ0v) is 20.3. The maximum absolute atomic E-state index is 5.86. The van der Waals surface area contributed by atoms with Gasteiger partial charge in [-0.2, -0.15) is 0 Å². The Hall–Kier alpha value is -2.94. The van der Waals surface area contributed by atoms with E-state index in [1.54, 1.807) is 0 Å². The van der Waals surface area contributed by atoms with Gasteiger partial charge < -0.3 is 24.3 Å². The number of hydrogen-bond acceptors (Lipinski definition) is 5. The van der Waals surface area contributed by atoms with Gasteiger partial charge in [0.15, 0.2) is 5.11 Å². The zero-order valence-electron chi connectivity index (χ0n) is 19.5. The van der Waals surface area contributed by atoms with Crippen molar-refractivity contribution in [2.45, 2.75) is 19.0 Å². The third-order valence-electron chi connectivity index (χ3n) is 6.47. The van der Waals surface area contributed by atoms with E-state index in [0.29, 0.717) is 6.61 Å². The first kappa shape index (κ1) is 22.8. The third kappa shape index (κ3) is 4.80. The van der Waals surface area contributed by atoms with Crippen LogP contribution in [0, 0.1) is 0 Å². The summed E-state index contributed by atoms with van der Waals surface area (Å²) in [7, 11) is 0. The van der Waals surface area contributed by atoms with Crippen LogP contribution in [-0.2, 0) is 4.74 Å². The summed E-state index contributed by atoms with van der Waals surface area (Å²) in [6.07, 6.45) is 3.96. The van der Waals surface area contributed by atoms with Crippen molar-refractivity contribution in [3.05, 3.63) is 78.4 Å². The molecule has 2 aromatic heterocycles. The van der Waals surface area contributed by atoms with Crippen LogP contribution in [0.5, 0.6) is 5.75 Å². The number of ether oxygens (including phenoxy) is 2. The molecular weight excluding hydrogens is 446 g/mol. The molecule has 0 unspecified atom stereocenters. The summed E-state index contributed by atoms with van der Waals surface area (Å²) in [6, 6.07) is 18.6. The Bertz CT molecular complexity index is 1080. The largest absolute Gasteiger partial charge is 0.494 e. The molecule has 3 aromatic rings. The van der Waals surface area contributed by atoms with Gasteiger partial charge in [0.25, 0.3) is 0 Å². The Morgan fingerprint density at radius 1 is 1.06 bits per heavy atom. The Kier molecular flexibility index (Phi) is 7.08. The highest BCUT2D eigenvalue weighted by molar-refractivity contribution is 7.80. The lowest BCUT2D eigenvalue weighted by Crippen LogP contribution is -2.42. The lowest BCUT2D eigenvalue weighted by atomic mass is 10.0. The van der Waals surface area contributed by atoms with Gasteiger partial charge in [0.1, 0.15) is 5.75 Å². The van der Waals surface area contributed by atoms with Crippen molar-refractivity contribution in [2.24, 2.45) is 0 Å². The normalized spacial score (nSPS) is 21.0. The first-order valence-electron chi connectivity index (χ1n) is 11.9. The molecule has 2 aliphatic heterocycles. The maximum Gasteiger partial charge on any atom is 0.170 e. The topological polar surface area (TPSA) is 54.8 Å². The van der Waals surface area contributed by atoms with Crippen molar-refractivity contribution in [3.8, 4) is 11.4 Å². The van der Waals surface area contributed by atoms with E-state index in [1.165, 1.54) is 5.69 Å². The van der Waals surface area contributed by atoms with E-state index in [2.05, 4.69) is 61.2 Å². The number of nitrogens with zero attached hydrogens (tertiary/aromatic N) is 4. The second kappa shape index (κ2) is 10.5. The van der Waals surface area contributed by atoms with Crippen LogP contribution in [0.1, 0.15) is 30.4 Å². The average Bonchev–Trinajstić information content (AvgIpc) is 3.49. The van der Waals surface area contributed by atoms with Crippen molar-refractivity contribution in [1.29, 1.82) is 0 Å². The van der Waals surface area contributed by atoms with Gasteiger partial charge in [-0.15, -0.1) is 0 Å². The highest BCUT2D eigenvalue weighted by Crippen LogP contribution is 2.39. The predicted molar refractivity (Wildman–Crippen MR) is 136 cm³/mol. The van der Waals surface area contributed by atoms with E-state index in [-0.39, 0.29) is 12.1 Å². The van der Waals surface area contributed by atoms with Gasteiger partial charge in [0, 0.05) is 50.0 Å². The molecule has 0 bridgehead atoms. The number of morpholine rings is 1. The summed E-state index contributed by atoms with van der Waals surface area (Å²) in [5, 5.41) is 4.34. The van der Waals surface area contributed by atoms with E-state index < -0.39 is 0 Å². The highest BCUT2D eigenvalue weighted by atomic mass is 32.1. The van der Waals surface area contributed by atoms with Crippen molar-refractivity contribution >= 4 is 17.3 Å². The fraction of sp³-hybridized carbons (Fsp3) is 0.385. The second-order valence-electron chi connectivity index (χ2n) is 8.50. The van der Waals surface area contributed by atoms with Crippen LogP contribution in [0.25, 0.3) is 5.69 Å². The number of nitrogens with one attached hydrogen (secondary N) is 1. The summed E-state index contributed by atoms with van der Waals surface area (Å²) in [4.78, 5) is 9.44. The lowest BCUT2D eigenvalue weighted by molar-refractivity contribution is 0.0349. The van der Waals surface area contributed by atoms with Crippen LogP contribution in [-0.4, -0.2) is 70.5 Å². The van der Waals surface area contributed by atoms with Crippen LogP contribution in [0.4, 0.5) is 0 Å². The van der Waals surface area contributed by atoms with Crippen LogP contribution < -0.4 is 10.1 Å². The zero-order chi connectivity index (χ0) is 23.3. The Morgan fingerprint density at radius 3 is 2.62 bits per heavy atom. The molecule has 7 nitrogen and oxygen atoms in total. The molecule has 0 spiro atoms. The van der Waals surface area contributed by atoms with Crippen LogP contribution >= 0.6 is 12.2 Å². The Balaban J connectivity index is 1.47. The van der Waals surface area contributed by atoms with Gasteiger partial charge in [-0.05, 0) is 67.7 Å². The molecule has 1 N–H and O–H groups in total. The van der Waals surface area contributed by atoms with Crippen molar-refractivity contribution in [1.82, 2.24) is 24.7 Å². The molecule has 2 aliphatic rings. The van der Waals surface area contributed by atoms with Gasteiger partial charge in [-0.1, -0.05) is 6.07 Å². The minimum Gasteiger partial charge on any atom is -0.494 e. The van der Waals surface area contributed by atoms with Crippen molar-refractivity contribution in [2.75, 3.05) is 46.0 Å². The minimum absolute atomic E-state index is 0.0185. The summed E-state index contributed by atoms with van der Waals surface area (Å²) in [5.74, 6) is 0.877. The van der Waals surface area contributed by atoms with E-state index in [0.717, 1.165) is 61.6 Å². The van der Waals surface area contributed by atoms with Gasteiger partial charge in [-0.3, -0.25) is 9.88 Å². The van der Waals surface area contributed by atoms with Crippen LogP contribution in [0.15, 0.2) is 67.0 Å². The second-order valence-corrected chi connectivity index (χ2v) is 8.89. The number of hydrogen-bond donors (Lipinski definition) is 1. The van der Waals surface area contributed by atoms with Crippen molar-refractivity contribution < 1.29 is 9.47 Å². The number of pyridine rings is 1. The molecular formula is C26H31N5O2S. The number of aromatic nitrogens is 2. The molecule has 2 saturated heterocycles. The number of benzene rings is 1. The monoisotopic (exact) mass is 477 g/mol. The summed E-state index contributed by atoms with van der Waals surface area (Å²) < 4.78 is 13.4. The first-order chi connectivity index (χ1) is 16.7. The Morgan fingerprint density at radius 2 is 1.88 bits per heavy atom. The van der Waals surface area contributed by atoms with Gasteiger partial charge in [0.2, 0.25) is 0 Å². The standard InChI is InChI=1S/C26H31N5O2S/c1-2-33-21-10-8-20(9-11-21)30-13-5-7-23(30)25-24(22-6-3-4-12-27-22)28-26(34)31(25)15-14-29-16-18-32-19-17-29/h3-13,24-25H,2,14-19H2,1H3,(H,28,34)/t24-,25+/m1/s1. The molecule has 2 fully saturated rings. The van der Waals surface area contributed by atoms with Crippen LogP contribution in [0.3, 0.4) is 0 Å². The molecule has 2 atom stereocenters. The van der Waals surface area contributed by atoms with Crippen LogP contribution in [0.2, 0.25) is 0 Å². The van der Waals surface area contributed by atoms with E-state index in [4.69, 9.17) is 21.7 Å². The summed E-state index contributed by atoms with van der Waals surface area (Å²) >= 11 is 5.86. The smallest absolute Gasteiger partial charge is 0.170 e. The number of thiocarbonyl (C=S) groups is 1. The molecule has 4 heterocycles. The fourth-order valence-electron chi connectivity index (χ4n) is 4.78.